The van der Waals surface area contributed by atoms with Crippen molar-refractivity contribution in [2.75, 3.05) is 0 Å². The minimum Gasteiger partial charge on any atom is -0.382 e. The lowest BCUT2D eigenvalue weighted by molar-refractivity contribution is 0.208. The van der Waals surface area contributed by atoms with E-state index < -0.39 is 6.10 Å². The molecule has 1 atom stereocenters. The first-order valence-electron chi connectivity index (χ1n) is 5.92. The van der Waals surface area contributed by atoms with Crippen molar-refractivity contribution in [2.45, 2.75) is 25.9 Å². The lowest BCUT2D eigenvalue weighted by Crippen LogP contribution is -2.09. The van der Waals surface area contributed by atoms with Crippen LogP contribution in [-0.2, 0) is 14.1 Å². The Hall–Kier alpha value is -1.04. The molecule has 0 amide bonds. The molecule has 7 heteroatoms. The summed E-state index contributed by atoms with van der Waals surface area (Å²) in [6.07, 6.45) is 0.554. The Balaban J connectivity index is 2.59. The van der Waals surface area contributed by atoms with Gasteiger partial charge in [-0.05, 0) is 5.92 Å². The second kappa shape index (κ2) is 5.15. The number of hydrogen-bond donors (Lipinski definition) is 1. The molecule has 0 aliphatic heterocycles. The van der Waals surface area contributed by atoms with Crippen molar-refractivity contribution in [3.05, 3.63) is 33.3 Å². The average Bonchev–Trinajstić information content (AvgIpc) is 2.81. The van der Waals surface area contributed by atoms with Gasteiger partial charge in [0.15, 0.2) is 0 Å². The Morgan fingerprint density at radius 1 is 1.21 bits per heavy atom. The highest BCUT2D eigenvalue weighted by molar-refractivity contribution is 6.31. The lowest BCUT2D eigenvalue weighted by atomic mass is 10.0. The summed E-state index contributed by atoms with van der Waals surface area (Å²) in [6, 6.07) is 0. The largest absolute Gasteiger partial charge is 0.382 e. The zero-order chi connectivity index (χ0) is 14.3. The van der Waals surface area contributed by atoms with E-state index in [9.17, 15) is 5.11 Å². The fourth-order valence-electron chi connectivity index (χ4n) is 2.08. The van der Waals surface area contributed by atoms with Gasteiger partial charge in [-0.15, -0.1) is 0 Å². The standard InChI is InChI=1S/C12H16Cl2N4O/c1-6(2)9-8(12(14)18(4)16-9)11(19)10-7(13)5-15-17(10)3/h5-6,11,19H,1-4H3. The number of aromatic nitrogens is 4. The molecule has 2 rings (SSSR count). The highest BCUT2D eigenvalue weighted by Crippen LogP contribution is 2.36. The van der Waals surface area contributed by atoms with Crippen molar-refractivity contribution in [2.24, 2.45) is 14.1 Å². The van der Waals surface area contributed by atoms with Gasteiger partial charge in [-0.1, -0.05) is 37.0 Å². The molecule has 0 spiro atoms. The molecule has 2 heterocycles. The van der Waals surface area contributed by atoms with Gasteiger partial charge >= 0.3 is 0 Å². The Kier molecular flexibility index (Phi) is 3.90. The van der Waals surface area contributed by atoms with Crippen LogP contribution < -0.4 is 0 Å². The third-order valence-corrected chi connectivity index (χ3v) is 3.80. The number of halogens is 2. The number of nitrogens with zero attached hydrogens (tertiary/aromatic N) is 4. The molecule has 0 saturated heterocycles. The first kappa shape index (κ1) is 14.4. The Bertz CT molecular complexity index is 584. The minimum atomic E-state index is -0.946. The molecular weight excluding hydrogens is 287 g/mol. The van der Waals surface area contributed by atoms with Crippen molar-refractivity contribution in [3.8, 4) is 0 Å². The van der Waals surface area contributed by atoms with E-state index in [0.29, 0.717) is 21.4 Å². The Morgan fingerprint density at radius 2 is 1.84 bits per heavy atom. The highest BCUT2D eigenvalue weighted by Gasteiger charge is 2.28. The molecule has 1 unspecified atom stereocenters. The first-order valence-corrected chi connectivity index (χ1v) is 6.67. The molecule has 5 nitrogen and oxygen atoms in total. The van der Waals surface area contributed by atoms with Crippen molar-refractivity contribution >= 4 is 23.2 Å². The summed E-state index contributed by atoms with van der Waals surface area (Å²) in [5.74, 6) is 0.148. The number of aliphatic hydroxyl groups excluding tert-OH is 1. The number of hydrogen-bond acceptors (Lipinski definition) is 3. The molecule has 104 valence electrons. The maximum atomic E-state index is 10.6. The topological polar surface area (TPSA) is 55.9 Å². The predicted molar refractivity (Wildman–Crippen MR) is 74.6 cm³/mol. The quantitative estimate of drug-likeness (QED) is 0.948. The van der Waals surface area contributed by atoms with Gasteiger partial charge in [-0.25, -0.2) is 0 Å². The van der Waals surface area contributed by atoms with Crippen LogP contribution >= 0.6 is 23.2 Å². The van der Waals surface area contributed by atoms with Gasteiger partial charge < -0.3 is 5.11 Å². The van der Waals surface area contributed by atoms with Crippen LogP contribution in [0.25, 0.3) is 0 Å². The van der Waals surface area contributed by atoms with Gasteiger partial charge in [-0.2, -0.15) is 10.2 Å². The van der Waals surface area contributed by atoms with Crippen molar-refractivity contribution in [1.82, 2.24) is 19.6 Å². The fourth-order valence-corrected chi connectivity index (χ4v) is 2.59. The van der Waals surface area contributed by atoms with E-state index in [-0.39, 0.29) is 5.92 Å². The molecule has 2 aromatic heterocycles. The first-order chi connectivity index (χ1) is 8.84. The van der Waals surface area contributed by atoms with Crippen LogP contribution in [0.1, 0.15) is 42.8 Å². The monoisotopic (exact) mass is 302 g/mol. The smallest absolute Gasteiger partial charge is 0.133 e. The summed E-state index contributed by atoms with van der Waals surface area (Å²) in [6.45, 7) is 4.00. The van der Waals surface area contributed by atoms with Crippen LogP contribution in [-0.4, -0.2) is 24.7 Å². The molecule has 2 aromatic rings. The van der Waals surface area contributed by atoms with Gasteiger partial charge in [0.25, 0.3) is 0 Å². The van der Waals surface area contributed by atoms with E-state index in [4.69, 9.17) is 23.2 Å². The van der Waals surface area contributed by atoms with Gasteiger partial charge in [0, 0.05) is 19.7 Å². The van der Waals surface area contributed by atoms with Gasteiger partial charge in [-0.3, -0.25) is 9.36 Å². The zero-order valence-corrected chi connectivity index (χ0v) is 12.7. The summed E-state index contributed by atoms with van der Waals surface area (Å²) in [5.41, 5.74) is 1.86. The molecular formula is C12H16Cl2N4O. The molecule has 0 bridgehead atoms. The molecule has 0 saturated carbocycles. The van der Waals surface area contributed by atoms with Crippen molar-refractivity contribution < 1.29 is 5.11 Å². The molecule has 19 heavy (non-hydrogen) atoms. The molecule has 0 aromatic carbocycles. The zero-order valence-electron chi connectivity index (χ0n) is 11.2. The van der Waals surface area contributed by atoms with Crippen LogP contribution in [0.3, 0.4) is 0 Å². The summed E-state index contributed by atoms with van der Waals surface area (Å²) < 4.78 is 3.10. The second-order valence-electron chi connectivity index (χ2n) is 4.77. The van der Waals surface area contributed by atoms with Gasteiger partial charge in [0.05, 0.1) is 22.6 Å². The highest BCUT2D eigenvalue weighted by atomic mass is 35.5. The van der Waals surface area contributed by atoms with E-state index in [0.717, 1.165) is 5.69 Å². The Labute approximate surface area is 121 Å². The molecule has 1 N–H and O–H groups in total. The predicted octanol–water partition coefficient (Wildman–Crippen LogP) is 2.67. The second-order valence-corrected chi connectivity index (χ2v) is 5.54. The average molecular weight is 303 g/mol. The van der Waals surface area contributed by atoms with Crippen LogP contribution in [0.5, 0.6) is 0 Å². The van der Waals surface area contributed by atoms with Gasteiger partial charge in [0.2, 0.25) is 0 Å². The van der Waals surface area contributed by atoms with E-state index in [2.05, 4.69) is 10.2 Å². The van der Waals surface area contributed by atoms with Crippen molar-refractivity contribution in [3.63, 3.8) is 0 Å². The van der Waals surface area contributed by atoms with Crippen LogP contribution in [0.2, 0.25) is 10.2 Å². The van der Waals surface area contributed by atoms with E-state index >= 15 is 0 Å². The summed E-state index contributed by atoms with van der Waals surface area (Å²) in [7, 11) is 3.47. The Morgan fingerprint density at radius 3 is 2.32 bits per heavy atom. The number of aliphatic hydroxyl groups is 1. The van der Waals surface area contributed by atoms with E-state index in [1.807, 2.05) is 13.8 Å². The van der Waals surface area contributed by atoms with Gasteiger partial charge in [0.1, 0.15) is 11.3 Å². The normalized spacial score (nSPS) is 13.3. The molecule has 0 fully saturated rings. The van der Waals surface area contributed by atoms with Crippen molar-refractivity contribution in [1.29, 1.82) is 0 Å². The lowest BCUT2D eigenvalue weighted by Gasteiger charge is -2.14. The van der Waals surface area contributed by atoms with Crippen LogP contribution in [0.4, 0.5) is 0 Å². The maximum absolute atomic E-state index is 10.6. The minimum absolute atomic E-state index is 0.148. The summed E-state index contributed by atoms with van der Waals surface area (Å²) in [4.78, 5) is 0. The summed E-state index contributed by atoms with van der Waals surface area (Å²) in [5, 5.41) is 19.8. The third-order valence-electron chi connectivity index (χ3n) is 3.06. The number of aryl methyl sites for hydroxylation is 2. The van der Waals surface area contributed by atoms with Crippen LogP contribution in [0.15, 0.2) is 6.20 Å². The van der Waals surface area contributed by atoms with E-state index in [1.54, 1.807) is 23.5 Å². The molecule has 0 aliphatic carbocycles. The van der Waals surface area contributed by atoms with Crippen LogP contribution in [0, 0.1) is 0 Å². The van der Waals surface area contributed by atoms with E-state index in [1.165, 1.54) is 6.20 Å². The molecule has 0 radical (unpaired) electrons. The molecule has 0 aliphatic rings. The third kappa shape index (κ3) is 2.38. The maximum Gasteiger partial charge on any atom is 0.133 e. The number of rotatable bonds is 3. The SMILES string of the molecule is CC(C)c1nn(C)c(Cl)c1C(O)c1c(Cl)cnn1C. The summed E-state index contributed by atoms with van der Waals surface area (Å²) >= 11 is 12.3. The fraction of sp³-hybridized carbons (Fsp3) is 0.500.